The molecular formula is C17H16FN3O. The van der Waals surface area contributed by atoms with E-state index < -0.39 is 5.82 Å². The first-order chi connectivity index (χ1) is 10.5. The quantitative estimate of drug-likeness (QED) is 0.697. The number of Topliss-reactive ketones (excluding diaryl/α,β-unsaturated/α-hetero) is 1. The molecule has 3 rings (SSSR count). The van der Waals surface area contributed by atoms with Gasteiger partial charge in [0, 0.05) is 5.39 Å². The van der Waals surface area contributed by atoms with Crippen LogP contribution in [0.3, 0.4) is 0 Å². The van der Waals surface area contributed by atoms with E-state index in [1.54, 1.807) is 12.1 Å². The maximum atomic E-state index is 12.6. The summed E-state index contributed by atoms with van der Waals surface area (Å²) in [5.74, 6) is -0.348. The number of carbonyl (C=O) groups is 1. The maximum Gasteiger partial charge on any atom is 0.220 e. The number of anilines is 1. The fraction of sp³-hybridized carbons (Fsp3) is 0.118. The number of fused-ring (bicyclic) bond motifs is 1. The molecule has 112 valence electrons. The Morgan fingerprint density at radius 3 is 2.32 bits per heavy atom. The third-order valence-electron chi connectivity index (χ3n) is 3.06. The van der Waals surface area contributed by atoms with Gasteiger partial charge >= 0.3 is 0 Å². The van der Waals surface area contributed by atoms with E-state index in [1.165, 1.54) is 19.1 Å². The fourth-order valence-electron chi connectivity index (χ4n) is 2.00. The normalized spacial score (nSPS) is 9.95. The van der Waals surface area contributed by atoms with Gasteiger partial charge in [0.25, 0.3) is 0 Å². The van der Waals surface area contributed by atoms with Gasteiger partial charge in [-0.2, -0.15) is 0 Å². The van der Waals surface area contributed by atoms with E-state index in [4.69, 9.17) is 5.73 Å². The highest BCUT2D eigenvalue weighted by Crippen LogP contribution is 2.14. The van der Waals surface area contributed by atoms with Gasteiger partial charge in [-0.3, -0.25) is 4.79 Å². The molecule has 0 saturated heterocycles. The lowest BCUT2D eigenvalue weighted by Crippen LogP contribution is -1.97. The molecule has 0 radical (unpaired) electrons. The zero-order valence-corrected chi connectivity index (χ0v) is 12.4. The minimum absolute atomic E-state index is 0.155. The number of ketones is 1. The maximum absolute atomic E-state index is 12.6. The van der Waals surface area contributed by atoms with Gasteiger partial charge in [0.05, 0.1) is 16.8 Å². The van der Waals surface area contributed by atoms with Crippen LogP contribution in [0.4, 0.5) is 10.3 Å². The zero-order valence-electron chi connectivity index (χ0n) is 12.4. The third kappa shape index (κ3) is 3.63. The van der Waals surface area contributed by atoms with Crippen molar-refractivity contribution in [3.8, 4) is 0 Å². The molecule has 0 aliphatic heterocycles. The van der Waals surface area contributed by atoms with Crippen LogP contribution in [0.2, 0.25) is 0 Å². The molecule has 1 aromatic heterocycles. The molecule has 3 aromatic rings. The van der Waals surface area contributed by atoms with Crippen LogP contribution in [-0.2, 0) is 0 Å². The highest BCUT2D eigenvalue weighted by Gasteiger charge is 2.03. The number of nitrogens with zero attached hydrogens (tertiary/aromatic N) is 2. The lowest BCUT2D eigenvalue weighted by molar-refractivity contribution is 0.101. The first kappa shape index (κ1) is 15.6. The van der Waals surface area contributed by atoms with Gasteiger partial charge in [-0.15, -0.1) is 0 Å². The van der Waals surface area contributed by atoms with Crippen molar-refractivity contribution >= 4 is 22.6 Å². The van der Waals surface area contributed by atoms with Gasteiger partial charge in [-0.25, -0.2) is 14.4 Å². The largest absolute Gasteiger partial charge is 0.368 e. The Morgan fingerprint density at radius 1 is 1.05 bits per heavy atom. The molecule has 0 fully saturated rings. The lowest BCUT2D eigenvalue weighted by atomic mass is 10.1. The minimum atomic E-state index is -0.449. The Kier molecular flexibility index (Phi) is 4.78. The van der Waals surface area contributed by atoms with E-state index in [0.717, 1.165) is 16.6 Å². The summed E-state index contributed by atoms with van der Waals surface area (Å²) in [7, 11) is 0. The summed E-state index contributed by atoms with van der Waals surface area (Å²) in [4.78, 5) is 18.8. The van der Waals surface area contributed by atoms with Crippen molar-refractivity contribution in [1.82, 2.24) is 9.97 Å². The Labute approximate surface area is 127 Å². The molecule has 0 bridgehead atoms. The number of hydrogen-bond donors (Lipinski definition) is 1. The summed E-state index contributed by atoms with van der Waals surface area (Å²) < 4.78 is 12.6. The SMILES string of the molecule is CC(=O)c1ccccc1F.Cc1nc(N)nc2ccccc12. The highest BCUT2D eigenvalue weighted by atomic mass is 19.1. The van der Waals surface area contributed by atoms with Gasteiger partial charge < -0.3 is 5.73 Å². The van der Waals surface area contributed by atoms with Crippen LogP contribution >= 0.6 is 0 Å². The topological polar surface area (TPSA) is 68.9 Å². The molecule has 2 aromatic carbocycles. The molecule has 0 spiro atoms. The summed E-state index contributed by atoms with van der Waals surface area (Å²) in [6, 6.07) is 13.8. The zero-order chi connectivity index (χ0) is 16.1. The lowest BCUT2D eigenvalue weighted by Gasteiger charge is -2.00. The average molecular weight is 297 g/mol. The minimum Gasteiger partial charge on any atom is -0.368 e. The molecule has 0 atom stereocenters. The number of rotatable bonds is 1. The Hall–Kier alpha value is -2.82. The summed E-state index contributed by atoms with van der Waals surface area (Å²) in [6.07, 6.45) is 0. The van der Waals surface area contributed by atoms with Crippen molar-refractivity contribution in [2.75, 3.05) is 5.73 Å². The second-order valence-corrected chi connectivity index (χ2v) is 4.72. The standard InChI is InChI=1S/C9H9N3.C8H7FO/c1-6-7-4-2-3-5-8(7)12-9(10)11-6;1-6(10)7-4-2-3-5-8(7)9/h2-5H,1H3,(H2,10,11,12);2-5H,1H3. The van der Waals surface area contributed by atoms with E-state index in [-0.39, 0.29) is 11.3 Å². The van der Waals surface area contributed by atoms with E-state index >= 15 is 0 Å². The second kappa shape index (κ2) is 6.76. The van der Waals surface area contributed by atoms with Gasteiger partial charge in [-0.05, 0) is 32.0 Å². The summed E-state index contributed by atoms with van der Waals surface area (Å²) in [5.41, 5.74) is 7.49. The first-order valence-electron chi connectivity index (χ1n) is 6.73. The van der Waals surface area contributed by atoms with E-state index in [2.05, 4.69) is 9.97 Å². The predicted molar refractivity (Wildman–Crippen MR) is 85.1 cm³/mol. The van der Waals surface area contributed by atoms with Crippen molar-refractivity contribution in [3.05, 3.63) is 65.6 Å². The van der Waals surface area contributed by atoms with Crippen molar-refractivity contribution in [3.63, 3.8) is 0 Å². The Bertz CT molecular complexity index is 818. The smallest absolute Gasteiger partial charge is 0.220 e. The number of nitrogen functional groups attached to an aromatic ring is 1. The third-order valence-corrected chi connectivity index (χ3v) is 3.06. The molecule has 0 aliphatic carbocycles. The average Bonchev–Trinajstić information content (AvgIpc) is 2.48. The van der Waals surface area contributed by atoms with Crippen LogP contribution in [0, 0.1) is 12.7 Å². The number of carbonyl (C=O) groups excluding carboxylic acids is 1. The summed E-state index contributed by atoms with van der Waals surface area (Å²) in [6.45, 7) is 3.28. The number of aromatic nitrogens is 2. The fourth-order valence-corrected chi connectivity index (χ4v) is 2.00. The molecule has 1 heterocycles. The van der Waals surface area contributed by atoms with Crippen molar-refractivity contribution in [2.45, 2.75) is 13.8 Å². The molecule has 0 aliphatic rings. The number of hydrogen-bond acceptors (Lipinski definition) is 4. The second-order valence-electron chi connectivity index (χ2n) is 4.72. The van der Waals surface area contributed by atoms with Crippen molar-refractivity contribution in [2.24, 2.45) is 0 Å². The first-order valence-corrected chi connectivity index (χ1v) is 6.73. The van der Waals surface area contributed by atoms with E-state index in [0.29, 0.717) is 5.95 Å². The molecule has 2 N–H and O–H groups in total. The summed E-state index contributed by atoms with van der Waals surface area (Å²) in [5, 5.41) is 1.06. The van der Waals surface area contributed by atoms with Crippen LogP contribution < -0.4 is 5.73 Å². The molecule has 4 nitrogen and oxygen atoms in total. The van der Waals surface area contributed by atoms with E-state index in [9.17, 15) is 9.18 Å². The number of para-hydroxylation sites is 1. The van der Waals surface area contributed by atoms with E-state index in [1.807, 2.05) is 31.2 Å². The van der Waals surface area contributed by atoms with Gasteiger partial charge in [0.15, 0.2) is 5.78 Å². The highest BCUT2D eigenvalue weighted by molar-refractivity contribution is 5.94. The number of aryl methyl sites for hydroxylation is 1. The molecule has 0 amide bonds. The van der Waals surface area contributed by atoms with Gasteiger partial charge in [0.1, 0.15) is 5.82 Å². The van der Waals surface area contributed by atoms with Crippen LogP contribution in [0.5, 0.6) is 0 Å². The van der Waals surface area contributed by atoms with Crippen molar-refractivity contribution < 1.29 is 9.18 Å². The molecular weight excluding hydrogens is 281 g/mol. The Balaban J connectivity index is 0.000000164. The summed E-state index contributed by atoms with van der Waals surface area (Å²) >= 11 is 0. The van der Waals surface area contributed by atoms with Crippen LogP contribution in [-0.4, -0.2) is 15.8 Å². The Morgan fingerprint density at radius 2 is 1.68 bits per heavy atom. The van der Waals surface area contributed by atoms with Crippen molar-refractivity contribution in [1.29, 1.82) is 0 Å². The number of nitrogens with two attached hydrogens (primary N) is 1. The number of benzene rings is 2. The molecule has 0 unspecified atom stereocenters. The molecule has 5 heteroatoms. The predicted octanol–water partition coefficient (Wildman–Crippen LogP) is 3.55. The van der Waals surface area contributed by atoms with Gasteiger partial charge in [0.2, 0.25) is 5.95 Å². The number of halogens is 1. The van der Waals surface area contributed by atoms with Crippen LogP contribution in [0.25, 0.3) is 10.9 Å². The molecule has 0 saturated carbocycles. The van der Waals surface area contributed by atoms with Crippen LogP contribution in [0.15, 0.2) is 48.5 Å². The van der Waals surface area contributed by atoms with Gasteiger partial charge in [-0.1, -0.05) is 30.3 Å². The monoisotopic (exact) mass is 297 g/mol. The molecule has 22 heavy (non-hydrogen) atoms. The van der Waals surface area contributed by atoms with Crippen LogP contribution in [0.1, 0.15) is 23.0 Å².